The Balaban J connectivity index is 1.64. The minimum Gasteiger partial charge on any atom is -0.351 e. The number of aromatic nitrogens is 2. The lowest BCUT2D eigenvalue weighted by Crippen LogP contribution is -2.48. The molecule has 5 nitrogen and oxygen atoms in total. The molecule has 1 saturated heterocycles. The summed E-state index contributed by atoms with van der Waals surface area (Å²) >= 11 is 0. The van der Waals surface area contributed by atoms with Crippen molar-refractivity contribution in [3.8, 4) is 0 Å². The predicted molar refractivity (Wildman–Crippen MR) is 103 cm³/mol. The van der Waals surface area contributed by atoms with Crippen LogP contribution < -0.4 is 5.32 Å². The number of hydrogen-bond donors (Lipinski definition) is 1. The molecule has 134 valence electrons. The van der Waals surface area contributed by atoms with E-state index in [2.05, 4.69) is 57.6 Å². The Morgan fingerprint density at radius 3 is 2.72 bits per heavy atom. The average molecular weight is 339 g/mol. The molecule has 2 unspecified atom stereocenters. The van der Waals surface area contributed by atoms with Crippen molar-refractivity contribution in [2.45, 2.75) is 32.2 Å². The van der Waals surface area contributed by atoms with Crippen LogP contribution in [0.5, 0.6) is 0 Å². The molecular formula is C20H29N5. The normalized spacial score (nSPS) is 21.4. The molecule has 0 amide bonds. The molecule has 3 rings (SSSR count). The first-order valence-electron chi connectivity index (χ1n) is 9.20. The summed E-state index contributed by atoms with van der Waals surface area (Å²) < 4.78 is 1.90. The van der Waals surface area contributed by atoms with E-state index in [0.29, 0.717) is 11.8 Å². The van der Waals surface area contributed by atoms with Gasteiger partial charge in [-0.05, 0) is 29.9 Å². The Bertz CT molecular complexity index is 691. The number of benzene rings is 1. The summed E-state index contributed by atoms with van der Waals surface area (Å²) in [5.74, 6) is 2.30. The van der Waals surface area contributed by atoms with Crippen LogP contribution in [0.4, 0.5) is 0 Å². The van der Waals surface area contributed by atoms with E-state index in [0.717, 1.165) is 31.3 Å². The summed E-state index contributed by atoms with van der Waals surface area (Å²) in [7, 11) is 3.84. The van der Waals surface area contributed by atoms with Gasteiger partial charge < -0.3 is 10.2 Å². The van der Waals surface area contributed by atoms with Gasteiger partial charge in [-0.3, -0.25) is 9.67 Å². The van der Waals surface area contributed by atoms with Gasteiger partial charge in [0.05, 0.1) is 12.2 Å². The number of aryl methyl sites for hydroxylation is 1. The first kappa shape index (κ1) is 17.5. The highest BCUT2D eigenvalue weighted by Crippen LogP contribution is 2.34. The molecule has 1 N–H and O–H groups in total. The lowest BCUT2D eigenvalue weighted by molar-refractivity contribution is 0.215. The maximum absolute atomic E-state index is 4.51. The van der Waals surface area contributed by atoms with Crippen molar-refractivity contribution in [3.05, 3.63) is 53.9 Å². The van der Waals surface area contributed by atoms with Crippen molar-refractivity contribution < 1.29 is 0 Å². The summed E-state index contributed by atoms with van der Waals surface area (Å²) in [4.78, 5) is 6.92. The van der Waals surface area contributed by atoms with Crippen LogP contribution in [-0.2, 0) is 13.6 Å². The molecule has 2 heterocycles. The van der Waals surface area contributed by atoms with Gasteiger partial charge >= 0.3 is 0 Å². The first-order chi connectivity index (χ1) is 12.2. The molecule has 5 heteroatoms. The fourth-order valence-corrected chi connectivity index (χ4v) is 3.85. The molecule has 0 spiro atoms. The summed E-state index contributed by atoms with van der Waals surface area (Å²) in [6, 6.07) is 13.0. The van der Waals surface area contributed by atoms with E-state index in [1.54, 1.807) is 0 Å². The third kappa shape index (κ3) is 4.03. The van der Waals surface area contributed by atoms with Gasteiger partial charge in [-0.2, -0.15) is 5.10 Å². The highest BCUT2D eigenvalue weighted by Gasteiger charge is 2.30. The summed E-state index contributed by atoms with van der Waals surface area (Å²) in [6.07, 6.45) is 4.20. The first-order valence-corrected chi connectivity index (χ1v) is 9.20. The van der Waals surface area contributed by atoms with Gasteiger partial charge in [0.15, 0.2) is 5.96 Å². The van der Waals surface area contributed by atoms with Crippen LogP contribution in [0.3, 0.4) is 0 Å². The number of hydrogen-bond acceptors (Lipinski definition) is 2. The van der Waals surface area contributed by atoms with E-state index in [-0.39, 0.29) is 0 Å². The molecule has 1 fully saturated rings. The highest BCUT2D eigenvalue weighted by molar-refractivity contribution is 5.80. The number of aliphatic imine (C=N–C) groups is 1. The minimum atomic E-state index is 0.651. The van der Waals surface area contributed by atoms with E-state index in [9.17, 15) is 0 Å². The largest absolute Gasteiger partial charge is 0.351 e. The van der Waals surface area contributed by atoms with Crippen molar-refractivity contribution in [2.24, 2.45) is 18.0 Å². The predicted octanol–water partition coefficient (Wildman–Crippen LogP) is 3.01. The zero-order valence-corrected chi connectivity index (χ0v) is 15.5. The van der Waals surface area contributed by atoms with Crippen LogP contribution in [0, 0.1) is 5.92 Å². The third-order valence-corrected chi connectivity index (χ3v) is 5.35. The zero-order chi connectivity index (χ0) is 17.6. The van der Waals surface area contributed by atoms with Gasteiger partial charge in [-0.25, -0.2) is 0 Å². The van der Waals surface area contributed by atoms with Gasteiger partial charge in [-0.15, -0.1) is 0 Å². The molecule has 1 aliphatic heterocycles. The van der Waals surface area contributed by atoms with Crippen LogP contribution in [-0.4, -0.2) is 40.8 Å². The summed E-state index contributed by atoms with van der Waals surface area (Å²) in [5, 5.41) is 7.72. The van der Waals surface area contributed by atoms with E-state index >= 15 is 0 Å². The monoisotopic (exact) mass is 339 g/mol. The maximum Gasteiger partial charge on any atom is 0.193 e. The Kier molecular flexibility index (Phi) is 5.74. The van der Waals surface area contributed by atoms with E-state index < -0.39 is 0 Å². The van der Waals surface area contributed by atoms with Crippen molar-refractivity contribution >= 4 is 5.96 Å². The fourth-order valence-electron chi connectivity index (χ4n) is 3.85. The molecular weight excluding hydrogens is 310 g/mol. The number of nitrogens with zero attached hydrogens (tertiary/aromatic N) is 4. The smallest absolute Gasteiger partial charge is 0.193 e. The Hall–Kier alpha value is -2.30. The van der Waals surface area contributed by atoms with Crippen molar-refractivity contribution in [1.82, 2.24) is 20.0 Å². The number of guanidine groups is 1. The molecule has 1 aromatic heterocycles. The average Bonchev–Trinajstić information content (AvgIpc) is 3.07. The quantitative estimate of drug-likeness (QED) is 0.688. The second-order valence-corrected chi connectivity index (χ2v) is 6.77. The van der Waals surface area contributed by atoms with Gasteiger partial charge in [0.1, 0.15) is 0 Å². The van der Waals surface area contributed by atoms with Crippen molar-refractivity contribution in [2.75, 3.05) is 20.1 Å². The van der Waals surface area contributed by atoms with E-state index in [4.69, 9.17) is 0 Å². The molecule has 2 atom stereocenters. The lowest BCUT2D eigenvalue weighted by atomic mass is 9.79. The van der Waals surface area contributed by atoms with Crippen molar-refractivity contribution in [3.63, 3.8) is 0 Å². The molecule has 1 aromatic carbocycles. The van der Waals surface area contributed by atoms with E-state index in [1.165, 1.54) is 18.4 Å². The Labute approximate surface area is 150 Å². The Morgan fingerprint density at radius 1 is 1.28 bits per heavy atom. The maximum atomic E-state index is 4.51. The standard InChI is InChI=1S/C20H29N5/c1-4-16-15-25(13-11-19(16)17-8-6-5-7-9-17)20(21-2)22-14-18-10-12-23-24(18)3/h5-10,12,16,19H,4,11,13-15H2,1-3H3,(H,21,22). The highest BCUT2D eigenvalue weighted by atomic mass is 15.3. The Morgan fingerprint density at radius 2 is 2.08 bits per heavy atom. The molecule has 25 heavy (non-hydrogen) atoms. The van der Waals surface area contributed by atoms with Crippen LogP contribution in [0.1, 0.15) is 36.9 Å². The van der Waals surface area contributed by atoms with Crippen LogP contribution in [0.15, 0.2) is 47.6 Å². The fraction of sp³-hybridized carbons (Fsp3) is 0.500. The number of nitrogens with one attached hydrogen (secondary N) is 1. The van der Waals surface area contributed by atoms with Gasteiger partial charge in [-0.1, -0.05) is 43.7 Å². The summed E-state index contributed by atoms with van der Waals surface area (Å²) in [5.41, 5.74) is 2.64. The molecule has 2 aromatic rings. The number of likely N-dealkylation sites (tertiary alicyclic amines) is 1. The topological polar surface area (TPSA) is 45.4 Å². The lowest BCUT2D eigenvalue weighted by Gasteiger charge is -2.40. The van der Waals surface area contributed by atoms with Gasteiger partial charge in [0.25, 0.3) is 0 Å². The van der Waals surface area contributed by atoms with Crippen molar-refractivity contribution in [1.29, 1.82) is 0 Å². The second kappa shape index (κ2) is 8.19. The molecule has 0 radical (unpaired) electrons. The zero-order valence-electron chi connectivity index (χ0n) is 15.5. The second-order valence-electron chi connectivity index (χ2n) is 6.77. The SMILES string of the molecule is CCC1CN(C(=NC)NCc2ccnn2C)CCC1c1ccccc1. The van der Waals surface area contributed by atoms with Crippen LogP contribution >= 0.6 is 0 Å². The number of rotatable bonds is 4. The molecule has 0 saturated carbocycles. The summed E-state index contributed by atoms with van der Waals surface area (Å²) in [6.45, 7) is 5.15. The van der Waals surface area contributed by atoms with Crippen LogP contribution in [0.2, 0.25) is 0 Å². The molecule has 0 aliphatic carbocycles. The molecule has 0 bridgehead atoms. The minimum absolute atomic E-state index is 0.651. The van der Waals surface area contributed by atoms with Gasteiger partial charge in [0, 0.05) is 33.4 Å². The van der Waals surface area contributed by atoms with Gasteiger partial charge in [0.2, 0.25) is 0 Å². The third-order valence-electron chi connectivity index (χ3n) is 5.35. The van der Waals surface area contributed by atoms with Crippen LogP contribution in [0.25, 0.3) is 0 Å². The van der Waals surface area contributed by atoms with E-state index in [1.807, 2.05) is 31.0 Å². The molecule has 1 aliphatic rings. The number of piperidine rings is 1.